The summed E-state index contributed by atoms with van der Waals surface area (Å²) in [6.07, 6.45) is -2.83. The predicted octanol–water partition coefficient (Wildman–Crippen LogP) is 2.58. The number of benzene rings is 1. The number of ether oxygens (including phenoxy) is 1. The molecule has 112 valence electrons. The van der Waals surface area contributed by atoms with E-state index >= 15 is 0 Å². The van der Waals surface area contributed by atoms with Gasteiger partial charge in [-0.15, -0.1) is 0 Å². The minimum Gasteiger partial charge on any atom is -0.483 e. The topological polar surface area (TPSA) is 53.3 Å². The van der Waals surface area contributed by atoms with Crippen LogP contribution in [0.1, 0.15) is 24.0 Å². The molecule has 0 N–H and O–H groups in total. The second-order valence-electron chi connectivity index (χ2n) is 4.84. The summed E-state index contributed by atoms with van der Waals surface area (Å²) in [6, 6.07) is 4.81. The van der Waals surface area contributed by atoms with E-state index in [1.54, 1.807) is 13.1 Å². The van der Waals surface area contributed by atoms with Gasteiger partial charge in [-0.1, -0.05) is 0 Å². The molecule has 7 heteroatoms. The number of nitriles is 1. The molecule has 1 fully saturated rings. The number of carbonyl (C=O) groups excluding carboxylic acids is 1. The van der Waals surface area contributed by atoms with Crippen LogP contribution in [0.25, 0.3) is 0 Å². The minimum atomic E-state index is -4.65. The molecule has 1 aromatic rings. The molecule has 1 aromatic carbocycles. The lowest BCUT2D eigenvalue weighted by atomic mass is 10.1. The van der Waals surface area contributed by atoms with E-state index in [2.05, 4.69) is 0 Å². The molecule has 2 rings (SSSR count). The fourth-order valence-electron chi connectivity index (χ4n) is 1.85. The second kappa shape index (κ2) is 5.64. The van der Waals surface area contributed by atoms with E-state index in [1.807, 2.05) is 0 Å². The zero-order chi connectivity index (χ0) is 15.6. The fourth-order valence-corrected chi connectivity index (χ4v) is 1.85. The Kier molecular flexibility index (Phi) is 4.07. The molecule has 21 heavy (non-hydrogen) atoms. The van der Waals surface area contributed by atoms with Gasteiger partial charge in [0, 0.05) is 13.1 Å². The SMILES string of the molecule is CN(C(=O)COc1ccc(C#N)cc1C(F)(F)F)C1CC1. The smallest absolute Gasteiger partial charge is 0.420 e. The van der Waals surface area contributed by atoms with E-state index in [4.69, 9.17) is 10.00 Å². The highest BCUT2D eigenvalue weighted by Crippen LogP contribution is 2.36. The first-order valence-electron chi connectivity index (χ1n) is 6.32. The number of alkyl halides is 3. The molecular formula is C14H13F3N2O2. The van der Waals surface area contributed by atoms with Crippen LogP contribution in [0.5, 0.6) is 5.75 Å². The molecule has 0 radical (unpaired) electrons. The van der Waals surface area contributed by atoms with Crippen molar-refractivity contribution in [2.24, 2.45) is 0 Å². The molecule has 0 spiro atoms. The number of hydrogen-bond acceptors (Lipinski definition) is 3. The molecule has 0 aliphatic heterocycles. The highest BCUT2D eigenvalue weighted by atomic mass is 19.4. The third-order valence-electron chi connectivity index (χ3n) is 3.25. The molecule has 0 saturated heterocycles. The first-order chi connectivity index (χ1) is 9.82. The van der Waals surface area contributed by atoms with Crippen LogP contribution in [0.3, 0.4) is 0 Å². The van der Waals surface area contributed by atoms with Gasteiger partial charge in [-0.3, -0.25) is 4.79 Å². The summed E-state index contributed by atoms with van der Waals surface area (Å²) in [5.74, 6) is -0.811. The predicted molar refractivity (Wildman–Crippen MR) is 67.4 cm³/mol. The summed E-state index contributed by atoms with van der Waals surface area (Å²) < 4.78 is 43.7. The van der Waals surface area contributed by atoms with Crippen molar-refractivity contribution >= 4 is 5.91 Å². The maximum atomic E-state index is 12.9. The minimum absolute atomic E-state index is 0.115. The monoisotopic (exact) mass is 298 g/mol. The largest absolute Gasteiger partial charge is 0.483 e. The maximum Gasteiger partial charge on any atom is 0.420 e. The molecule has 0 bridgehead atoms. The summed E-state index contributed by atoms with van der Waals surface area (Å²) in [7, 11) is 1.60. The molecular weight excluding hydrogens is 285 g/mol. The Morgan fingerprint density at radius 2 is 2.14 bits per heavy atom. The van der Waals surface area contributed by atoms with Crippen molar-refractivity contribution in [1.29, 1.82) is 5.26 Å². The average Bonchev–Trinajstić information content (AvgIpc) is 3.27. The Bertz CT molecular complexity index is 589. The lowest BCUT2D eigenvalue weighted by Gasteiger charge is -2.18. The van der Waals surface area contributed by atoms with Crippen LogP contribution >= 0.6 is 0 Å². The number of amides is 1. The zero-order valence-corrected chi connectivity index (χ0v) is 11.3. The Hall–Kier alpha value is -2.23. The van der Waals surface area contributed by atoms with Crippen LogP contribution < -0.4 is 4.74 Å². The standard InChI is InChI=1S/C14H13F3N2O2/c1-19(10-3-4-10)13(20)8-21-12-5-2-9(7-18)6-11(12)14(15,16)17/h2,5-6,10H,3-4,8H2,1H3. The van der Waals surface area contributed by atoms with Crippen molar-refractivity contribution in [2.45, 2.75) is 25.1 Å². The number of hydrogen-bond donors (Lipinski definition) is 0. The van der Waals surface area contributed by atoms with Gasteiger partial charge < -0.3 is 9.64 Å². The Morgan fingerprint density at radius 3 is 2.67 bits per heavy atom. The van der Waals surface area contributed by atoms with Crippen molar-refractivity contribution in [3.8, 4) is 11.8 Å². The molecule has 0 aromatic heterocycles. The van der Waals surface area contributed by atoms with Gasteiger partial charge in [-0.05, 0) is 31.0 Å². The van der Waals surface area contributed by atoms with Gasteiger partial charge in [0.15, 0.2) is 6.61 Å². The van der Waals surface area contributed by atoms with E-state index in [-0.39, 0.29) is 17.5 Å². The number of likely N-dealkylation sites (N-methyl/N-ethyl adjacent to an activating group) is 1. The van der Waals surface area contributed by atoms with Gasteiger partial charge >= 0.3 is 6.18 Å². The van der Waals surface area contributed by atoms with E-state index in [9.17, 15) is 18.0 Å². The molecule has 1 aliphatic rings. The van der Waals surface area contributed by atoms with E-state index in [0.717, 1.165) is 18.9 Å². The summed E-state index contributed by atoms with van der Waals surface area (Å²) in [6.45, 7) is -0.456. The number of halogens is 3. The van der Waals surface area contributed by atoms with Crippen molar-refractivity contribution in [1.82, 2.24) is 4.90 Å². The molecule has 1 saturated carbocycles. The molecule has 1 aliphatic carbocycles. The second-order valence-corrected chi connectivity index (χ2v) is 4.84. The maximum absolute atomic E-state index is 12.9. The van der Waals surface area contributed by atoms with Crippen LogP contribution in [0.15, 0.2) is 18.2 Å². The highest BCUT2D eigenvalue weighted by Gasteiger charge is 2.35. The van der Waals surface area contributed by atoms with Crippen molar-refractivity contribution in [3.63, 3.8) is 0 Å². The molecule has 4 nitrogen and oxygen atoms in total. The normalized spacial score (nSPS) is 14.4. The Balaban J connectivity index is 2.12. The molecule has 1 amide bonds. The quantitative estimate of drug-likeness (QED) is 0.858. The third kappa shape index (κ3) is 3.66. The number of carbonyl (C=O) groups is 1. The summed E-state index contributed by atoms with van der Waals surface area (Å²) in [4.78, 5) is 13.2. The number of rotatable bonds is 4. The van der Waals surface area contributed by atoms with Crippen LogP contribution in [-0.2, 0) is 11.0 Å². The van der Waals surface area contributed by atoms with Crippen LogP contribution in [0.2, 0.25) is 0 Å². The molecule has 0 heterocycles. The molecule has 0 atom stereocenters. The zero-order valence-electron chi connectivity index (χ0n) is 11.3. The van der Waals surface area contributed by atoms with E-state index in [1.165, 1.54) is 11.0 Å². The van der Waals surface area contributed by atoms with Crippen molar-refractivity contribution < 1.29 is 22.7 Å². The summed E-state index contributed by atoms with van der Waals surface area (Å²) >= 11 is 0. The van der Waals surface area contributed by atoms with Gasteiger partial charge in [0.1, 0.15) is 5.75 Å². The van der Waals surface area contributed by atoms with Crippen LogP contribution in [-0.4, -0.2) is 30.5 Å². The van der Waals surface area contributed by atoms with Crippen molar-refractivity contribution in [3.05, 3.63) is 29.3 Å². The lowest BCUT2D eigenvalue weighted by molar-refractivity contribution is -0.140. The third-order valence-corrected chi connectivity index (χ3v) is 3.25. The van der Waals surface area contributed by atoms with E-state index in [0.29, 0.717) is 6.07 Å². The van der Waals surface area contributed by atoms with Crippen LogP contribution in [0.4, 0.5) is 13.2 Å². The number of nitrogens with zero attached hydrogens (tertiary/aromatic N) is 2. The van der Waals surface area contributed by atoms with Crippen molar-refractivity contribution in [2.75, 3.05) is 13.7 Å². The summed E-state index contributed by atoms with van der Waals surface area (Å²) in [5, 5.41) is 8.66. The van der Waals surface area contributed by atoms with E-state index < -0.39 is 24.1 Å². The summed E-state index contributed by atoms with van der Waals surface area (Å²) in [5.41, 5.74) is -1.17. The average molecular weight is 298 g/mol. The first-order valence-corrected chi connectivity index (χ1v) is 6.32. The van der Waals surface area contributed by atoms with Gasteiger partial charge in [0.25, 0.3) is 5.91 Å². The van der Waals surface area contributed by atoms with Gasteiger partial charge in [0.05, 0.1) is 17.2 Å². The first kappa shape index (κ1) is 15.2. The van der Waals surface area contributed by atoms with Crippen LogP contribution in [0, 0.1) is 11.3 Å². The van der Waals surface area contributed by atoms with Gasteiger partial charge in [-0.25, -0.2) is 0 Å². The lowest BCUT2D eigenvalue weighted by Crippen LogP contribution is -2.33. The molecule has 0 unspecified atom stereocenters. The van der Waals surface area contributed by atoms with Gasteiger partial charge in [0.2, 0.25) is 0 Å². The fraction of sp³-hybridized carbons (Fsp3) is 0.429. The highest BCUT2D eigenvalue weighted by molar-refractivity contribution is 5.78. The Morgan fingerprint density at radius 1 is 1.48 bits per heavy atom. The Labute approximate surface area is 119 Å². The van der Waals surface area contributed by atoms with Gasteiger partial charge in [-0.2, -0.15) is 18.4 Å².